The molecule has 0 aliphatic heterocycles. The maximum atomic E-state index is 13.4. The largest absolute Gasteiger partial charge is 0.383 e. The van der Waals surface area contributed by atoms with Crippen LogP contribution in [0.3, 0.4) is 0 Å². The average Bonchev–Trinajstić information content (AvgIpc) is 3.27. The normalized spacial score (nSPS) is 15.7. The Bertz CT molecular complexity index is 789. The van der Waals surface area contributed by atoms with E-state index in [1.807, 2.05) is 31.2 Å². The summed E-state index contributed by atoms with van der Waals surface area (Å²) in [7, 11) is 1.58. The first-order chi connectivity index (χ1) is 14.1. The minimum absolute atomic E-state index is 0.157. The molecule has 0 bridgehead atoms. The van der Waals surface area contributed by atoms with Crippen LogP contribution in [-0.4, -0.2) is 52.6 Å². The topological polar surface area (TPSA) is 84.4 Å². The second kappa shape index (κ2) is 10.5. The number of aryl methyl sites for hydroxylation is 1. The molecule has 1 heterocycles. The SMILES string of the molecule is COCCN(C(=O)c1csnn1)[C@@H](C(=O)NC1CCCCC1)c1ccc(C)cc1. The highest BCUT2D eigenvalue weighted by molar-refractivity contribution is 7.03. The molecule has 0 saturated heterocycles. The number of nitrogens with zero attached hydrogens (tertiary/aromatic N) is 3. The predicted molar refractivity (Wildman–Crippen MR) is 112 cm³/mol. The molecule has 1 atom stereocenters. The standard InChI is InChI=1S/C21H28N4O3S/c1-15-8-10-16(11-9-15)19(20(26)22-17-6-4-3-5-7-17)25(12-13-28-2)21(27)18-14-29-24-23-18/h8-11,14,17,19H,3-7,12-13H2,1-2H3,(H,22,26)/t19-/m1/s1. The summed E-state index contributed by atoms with van der Waals surface area (Å²) in [5.74, 6) is -0.478. The number of ether oxygens (including phenoxy) is 1. The van der Waals surface area contributed by atoms with Crippen LogP contribution in [0.25, 0.3) is 0 Å². The van der Waals surface area contributed by atoms with Crippen molar-refractivity contribution in [1.82, 2.24) is 19.8 Å². The van der Waals surface area contributed by atoms with Crippen molar-refractivity contribution in [2.75, 3.05) is 20.3 Å². The molecule has 3 rings (SSSR count). The van der Waals surface area contributed by atoms with E-state index in [1.54, 1.807) is 17.4 Å². The third-order valence-corrected chi connectivity index (χ3v) is 5.79. The van der Waals surface area contributed by atoms with Crippen molar-refractivity contribution in [3.63, 3.8) is 0 Å². The Labute approximate surface area is 175 Å². The van der Waals surface area contributed by atoms with Gasteiger partial charge in [-0.1, -0.05) is 53.6 Å². The number of methoxy groups -OCH3 is 1. The van der Waals surface area contributed by atoms with E-state index in [0.717, 1.165) is 48.3 Å². The number of hydrogen-bond acceptors (Lipinski definition) is 6. The predicted octanol–water partition coefficient (Wildman–Crippen LogP) is 3.13. The minimum Gasteiger partial charge on any atom is -0.383 e. The zero-order valence-electron chi connectivity index (χ0n) is 17.0. The van der Waals surface area contributed by atoms with Crippen LogP contribution >= 0.6 is 11.5 Å². The number of nitrogens with one attached hydrogen (secondary N) is 1. The van der Waals surface area contributed by atoms with E-state index in [9.17, 15) is 9.59 Å². The van der Waals surface area contributed by atoms with Gasteiger partial charge in [0.25, 0.3) is 5.91 Å². The van der Waals surface area contributed by atoms with Crippen molar-refractivity contribution in [2.24, 2.45) is 0 Å². The molecule has 1 aliphatic rings. The summed E-state index contributed by atoms with van der Waals surface area (Å²) in [6, 6.07) is 7.14. The van der Waals surface area contributed by atoms with Gasteiger partial charge in [-0.3, -0.25) is 9.59 Å². The number of amides is 2. The number of carbonyl (C=O) groups excluding carboxylic acids is 2. The summed E-state index contributed by atoms with van der Waals surface area (Å²) < 4.78 is 9.02. The summed E-state index contributed by atoms with van der Waals surface area (Å²) in [6.45, 7) is 2.60. The molecule has 1 aromatic heterocycles. The molecular weight excluding hydrogens is 388 g/mol. The number of carbonyl (C=O) groups is 2. The fourth-order valence-corrected chi connectivity index (χ4v) is 4.12. The highest BCUT2D eigenvalue weighted by Crippen LogP contribution is 2.25. The van der Waals surface area contributed by atoms with Crippen LogP contribution in [0.4, 0.5) is 0 Å². The van der Waals surface area contributed by atoms with Crippen molar-refractivity contribution in [1.29, 1.82) is 0 Å². The maximum Gasteiger partial charge on any atom is 0.276 e. The lowest BCUT2D eigenvalue weighted by Gasteiger charge is -2.33. The van der Waals surface area contributed by atoms with Gasteiger partial charge in [-0.15, -0.1) is 5.10 Å². The Hall–Kier alpha value is -2.32. The molecule has 1 aromatic carbocycles. The fraction of sp³-hybridized carbons (Fsp3) is 0.524. The number of aromatic nitrogens is 2. The lowest BCUT2D eigenvalue weighted by Crippen LogP contribution is -2.48. The molecule has 7 nitrogen and oxygen atoms in total. The maximum absolute atomic E-state index is 13.4. The molecule has 0 radical (unpaired) electrons. The molecule has 8 heteroatoms. The molecule has 156 valence electrons. The van der Waals surface area contributed by atoms with Gasteiger partial charge in [-0.25, -0.2) is 0 Å². The number of hydrogen-bond donors (Lipinski definition) is 1. The van der Waals surface area contributed by atoms with E-state index >= 15 is 0 Å². The zero-order chi connectivity index (χ0) is 20.6. The monoisotopic (exact) mass is 416 g/mol. The zero-order valence-corrected chi connectivity index (χ0v) is 17.8. The van der Waals surface area contributed by atoms with E-state index in [1.165, 1.54) is 6.42 Å². The molecule has 1 aliphatic carbocycles. The lowest BCUT2D eigenvalue weighted by molar-refractivity contribution is -0.127. The molecular formula is C21H28N4O3S. The van der Waals surface area contributed by atoms with Crippen molar-refractivity contribution < 1.29 is 14.3 Å². The quantitative estimate of drug-likeness (QED) is 0.715. The summed E-state index contributed by atoms with van der Waals surface area (Å²) in [5, 5.41) is 8.70. The Balaban J connectivity index is 1.92. The van der Waals surface area contributed by atoms with Gasteiger partial charge in [-0.2, -0.15) is 0 Å². The van der Waals surface area contributed by atoms with Crippen molar-refractivity contribution in [3.05, 3.63) is 46.5 Å². The van der Waals surface area contributed by atoms with Gasteiger partial charge in [0.1, 0.15) is 6.04 Å². The van der Waals surface area contributed by atoms with Crippen LogP contribution in [0, 0.1) is 6.92 Å². The molecule has 2 aromatic rings. The molecule has 29 heavy (non-hydrogen) atoms. The van der Waals surface area contributed by atoms with Gasteiger partial charge in [0.2, 0.25) is 5.91 Å². The van der Waals surface area contributed by atoms with E-state index in [-0.39, 0.29) is 30.1 Å². The number of rotatable bonds is 8. The van der Waals surface area contributed by atoms with Crippen molar-refractivity contribution in [2.45, 2.75) is 51.1 Å². The number of benzene rings is 1. The average molecular weight is 417 g/mol. The van der Waals surface area contributed by atoms with Gasteiger partial charge >= 0.3 is 0 Å². The second-order valence-electron chi connectivity index (χ2n) is 7.44. The van der Waals surface area contributed by atoms with Gasteiger partial charge in [0, 0.05) is 25.1 Å². The fourth-order valence-electron chi connectivity index (χ4n) is 3.69. The van der Waals surface area contributed by atoms with Crippen molar-refractivity contribution >= 4 is 23.3 Å². The highest BCUT2D eigenvalue weighted by atomic mass is 32.1. The first kappa shape index (κ1) is 21.4. The second-order valence-corrected chi connectivity index (χ2v) is 8.05. The van der Waals surface area contributed by atoms with Crippen LogP contribution < -0.4 is 5.32 Å². The Morgan fingerprint density at radius 1 is 1.24 bits per heavy atom. The molecule has 1 fully saturated rings. The van der Waals surface area contributed by atoms with Gasteiger partial charge in [-0.05, 0) is 36.9 Å². The summed E-state index contributed by atoms with van der Waals surface area (Å²) in [6.07, 6.45) is 5.42. The van der Waals surface area contributed by atoms with Gasteiger partial charge < -0.3 is 15.0 Å². The lowest BCUT2D eigenvalue weighted by atomic mass is 9.94. The first-order valence-electron chi connectivity index (χ1n) is 10.0. The Kier molecular flexibility index (Phi) is 7.71. The van der Waals surface area contributed by atoms with Crippen LogP contribution in [0.15, 0.2) is 29.6 Å². The van der Waals surface area contributed by atoms with E-state index in [0.29, 0.717) is 6.61 Å². The van der Waals surface area contributed by atoms with Gasteiger partial charge in [0.15, 0.2) is 5.69 Å². The van der Waals surface area contributed by atoms with E-state index in [4.69, 9.17) is 4.74 Å². The minimum atomic E-state index is -0.748. The van der Waals surface area contributed by atoms with Crippen molar-refractivity contribution in [3.8, 4) is 0 Å². The van der Waals surface area contributed by atoms with Crippen LogP contribution in [0.5, 0.6) is 0 Å². The smallest absolute Gasteiger partial charge is 0.276 e. The van der Waals surface area contributed by atoms with Crippen LogP contribution in [0.1, 0.15) is 59.8 Å². The molecule has 0 unspecified atom stereocenters. The van der Waals surface area contributed by atoms with Crippen LogP contribution in [0.2, 0.25) is 0 Å². The molecule has 2 amide bonds. The molecule has 0 spiro atoms. The summed E-state index contributed by atoms with van der Waals surface area (Å²) in [5.41, 5.74) is 2.11. The Morgan fingerprint density at radius 3 is 2.59 bits per heavy atom. The molecule has 1 saturated carbocycles. The Morgan fingerprint density at radius 2 is 1.97 bits per heavy atom. The highest BCUT2D eigenvalue weighted by Gasteiger charge is 2.34. The first-order valence-corrected chi connectivity index (χ1v) is 10.9. The molecule has 1 N–H and O–H groups in total. The van der Waals surface area contributed by atoms with E-state index < -0.39 is 6.04 Å². The van der Waals surface area contributed by atoms with E-state index in [2.05, 4.69) is 14.9 Å². The van der Waals surface area contributed by atoms with Gasteiger partial charge in [0.05, 0.1) is 6.61 Å². The third kappa shape index (κ3) is 5.61. The summed E-state index contributed by atoms with van der Waals surface area (Å²) in [4.78, 5) is 28.1. The summed E-state index contributed by atoms with van der Waals surface area (Å²) >= 11 is 1.12. The third-order valence-electron chi connectivity index (χ3n) is 5.28. The van der Waals surface area contributed by atoms with Crippen LogP contribution in [-0.2, 0) is 9.53 Å².